The maximum Gasteiger partial charge on any atom is 0.391 e. The molecule has 2 atom stereocenters. The van der Waals surface area contributed by atoms with E-state index in [2.05, 4.69) is 21.2 Å². The molecule has 1 aliphatic rings. The first-order chi connectivity index (χ1) is 9.79. The summed E-state index contributed by atoms with van der Waals surface area (Å²) in [5, 5.41) is 2.51. The van der Waals surface area contributed by atoms with Crippen LogP contribution in [0.25, 0.3) is 0 Å². The van der Waals surface area contributed by atoms with E-state index in [1.807, 2.05) is 0 Å². The molecule has 1 N–H and O–H groups in total. The SMILES string of the molecule is O=C(NC1CCCC(C(F)(F)F)C1)c1cccc(Br)c1F. The van der Waals surface area contributed by atoms with Crippen LogP contribution >= 0.6 is 15.9 Å². The maximum atomic E-state index is 13.8. The number of benzene rings is 1. The van der Waals surface area contributed by atoms with Crippen molar-refractivity contribution in [2.45, 2.75) is 37.9 Å². The molecule has 1 amide bonds. The minimum Gasteiger partial charge on any atom is -0.349 e. The summed E-state index contributed by atoms with van der Waals surface area (Å²) in [7, 11) is 0. The third-order valence-corrected chi connectivity index (χ3v) is 4.28. The normalized spacial score (nSPS) is 22.9. The number of carbonyl (C=O) groups is 1. The van der Waals surface area contributed by atoms with Gasteiger partial charge in [-0.3, -0.25) is 4.79 Å². The average molecular weight is 368 g/mol. The van der Waals surface area contributed by atoms with Gasteiger partial charge in [-0.15, -0.1) is 0 Å². The molecule has 1 fully saturated rings. The number of hydrogen-bond donors (Lipinski definition) is 1. The molecule has 2 rings (SSSR count). The predicted molar refractivity (Wildman–Crippen MR) is 73.4 cm³/mol. The highest BCUT2D eigenvalue weighted by molar-refractivity contribution is 9.10. The third kappa shape index (κ3) is 3.96. The summed E-state index contributed by atoms with van der Waals surface area (Å²) in [5.74, 6) is -2.79. The molecule has 0 saturated heterocycles. The van der Waals surface area contributed by atoms with E-state index in [-0.39, 0.29) is 22.9 Å². The molecule has 0 heterocycles. The molecule has 1 saturated carbocycles. The van der Waals surface area contributed by atoms with Crippen molar-refractivity contribution in [2.75, 3.05) is 0 Å². The van der Waals surface area contributed by atoms with Crippen LogP contribution in [-0.4, -0.2) is 18.1 Å². The first-order valence-corrected chi connectivity index (χ1v) is 7.40. The zero-order valence-electron chi connectivity index (χ0n) is 11.0. The van der Waals surface area contributed by atoms with Crippen LogP contribution in [0.5, 0.6) is 0 Å². The summed E-state index contributed by atoms with van der Waals surface area (Å²) in [4.78, 5) is 12.0. The zero-order chi connectivity index (χ0) is 15.6. The van der Waals surface area contributed by atoms with Gasteiger partial charge in [0, 0.05) is 6.04 Å². The summed E-state index contributed by atoms with van der Waals surface area (Å²) in [6.07, 6.45) is -3.43. The van der Waals surface area contributed by atoms with Gasteiger partial charge in [0.05, 0.1) is 16.0 Å². The predicted octanol–water partition coefficient (Wildman–Crippen LogP) is 4.44. The number of hydrogen-bond acceptors (Lipinski definition) is 1. The van der Waals surface area contributed by atoms with Crippen molar-refractivity contribution in [3.05, 3.63) is 34.1 Å². The third-order valence-electron chi connectivity index (χ3n) is 3.67. The van der Waals surface area contributed by atoms with E-state index < -0.39 is 29.9 Å². The fourth-order valence-corrected chi connectivity index (χ4v) is 2.93. The average Bonchev–Trinajstić information content (AvgIpc) is 2.41. The van der Waals surface area contributed by atoms with Crippen LogP contribution < -0.4 is 5.32 Å². The molecular formula is C14H14BrF4NO. The van der Waals surface area contributed by atoms with E-state index in [1.165, 1.54) is 18.2 Å². The Morgan fingerprint density at radius 3 is 2.67 bits per heavy atom. The fourth-order valence-electron chi connectivity index (χ4n) is 2.56. The minimum atomic E-state index is -4.25. The van der Waals surface area contributed by atoms with Crippen molar-refractivity contribution in [3.8, 4) is 0 Å². The van der Waals surface area contributed by atoms with Crippen LogP contribution in [0, 0.1) is 11.7 Å². The van der Waals surface area contributed by atoms with E-state index in [4.69, 9.17) is 0 Å². The number of alkyl halides is 3. The van der Waals surface area contributed by atoms with Crippen LogP contribution in [-0.2, 0) is 0 Å². The number of halogens is 5. The van der Waals surface area contributed by atoms with Crippen molar-refractivity contribution < 1.29 is 22.4 Å². The molecule has 0 aromatic heterocycles. The molecule has 116 valence electrons. The van der Waals surface area contributed by atoms with Gasteiger partial charge in [-0.25, -0.2) is 4.39 Å². The number of carbonyl (C=O) groups excluding carboxylic acids is 1. The molecule has 2 nitrogen and oxygen atoms in total. The molecule has 1 aromatic carbocycles. The van der Waals surface area contributed by atoms with Crippen molar-refractivity contribution >= 4 is 21.8 Å². The monoisotopic (exact) mass is 367 g/mol. The molecule has 0 bridgehead atoms. The highest BCUT2D eigenvalue weighted by Gasteiger charge is 2.42. The number of nitrogens with one attached hydrogen (secondary N) is 1. The Morgan fingerprint density at radius 1 is 1.29 bits per heavy atom. The molecule has 7 heteroatoms. The van der Waals surface area contributed by atoms with Gasteiger partial charge in [0.2, 0.25) is 0 Å². The van der Waals surface area contributed by atoms with Gasteiger partial charge < -0.3 is 5.32 Å². The fraction of sp³-hybridized carbons (Fsp3) is 0.500. The second-order valence-corrected chi connectivity index (χ2v) is 6.03. The molecule has 2 unspecified atom stereocenters. The van der Waals surface area contributed by atoms with Gasteiger partial charge in [0.1, 0.15) is 5.82 Å². The van der Waals surface area contributed by atoms with E-state index in [9.17, 15) is 22.4 Å². The zero-order valence-corrected chi connectivity index (χ0v) is 12.6. The van der Waals surface area contributed by atoms with Crippen LogP contribution in [0.4, 0.5) is 17.6 Å². The Kier molecular flexibility index (Phi) is 4.91. The van der Waals surface area contributed by atoms with Gasteiger partial charge in [-0.1, -0.05) is 12.5 Å². The van der Waals surface area contributed by atoms with Crippen molar-refractivity contribution in [2.24, 2.45) is 5.92 Å². The van der Waals surface area contributed by atoms with Crippen LogP contribution in [0.1, 0.15) is 36.0 Å². The summed E-state index contributed by atoms with van der Waals surface area (Å²) >= 11 is 2.97. The lowest BCUT2D eigenvalue weighted by atomic mass is 9.85. The molecule has 0 aliphatic heterocycles. The first kappa shape index (κ1) is 16.3. The minimum absolute atomic E-state index is 0.0844. The summed E-state index contributed by atoms with van der Waals surface area (Å²) < 4.78 is 52.1. The summed E-state index contributed by atoms with van der Waals surface area (Å²) in [6, 6.07) is 3.68. The van der Waals surface area contributed by atoms with Crippen molar-refractivity contribution in [1.82, 2.24) is 5.32 Å². The first-order valence-electron chi connectivity index (χ1n) is 6.60. The van der Waals surface area contributed by atoms with Crippen LogP contribution in [0.3, 0.4) is 0 Å². The smallest absolute Gasteiger partial charge is 0.349 e. The molecule has 1 aliphatic carbocycles. The quantitative estimate of drug-likeness (QED) is 0.769. The Bertz CT molecular complexity index is 532. The van der Waals surface area contributed by atoms with Gasteiger partial charge in [-0.05, 0) is 47.3 Å². The van der Waals surface area contributed by atoms with Crippen LogP contribution in [0.15, 0.2) is 22.7 Å². The Labute approximate surface area is 128 Å². The van der Waals surface area contributed by atoms with Crippen LogP contribution in [0.2, 0.25) is 0 Å². The highest BCUT2D eigenvalue weighted by atomic mass is 79.9. The Hall–Kier alpha value is -1.11. The summed E-state index contributed by atoms with van der Waals surface area (Å²) in [5.41, 5.74) is -0.168. The number of amides is 1. The molecule has 21 heavy (non-hydrogen) atoms. The topological polar surface area (TPSA) is 29.1 Å². The van der Waals surface area contributed by atoms with Gasteiger partial charge in [0.15, 0.2) is 0 Å². The summed E-state index contributed by atoms with van der Waals surface area (Å²) in [6.45, 7) is 0. The molecule has 0 radical (unpaired) electrons. The number of rotatable bonds is 2. The van der Waals surface area contributed by atoms with Gasteiger partial charge in [-0.2, -0.15) is 13.2 Å². The van der Waals surface area contributed by atoms with Crippen molar-refractivity contribution in [3.63, 3.8) is 0 Å². The van der Waals surface area contributed by atoms with E-state index in [1.54, 1.807) is 0 Å². The molecular weight excluding hydrogens is 354 g/mol. The molecule has 1 aromatic rings. The van der Waals surface area contributed by atoms with Crippen molar-refractivity contribution in [1.29, 1.82) is 0 Å². The second-order valence-electron chi connectivity index (χ2n) is 5.18. The highest BCUT2D eigenvalue weighted by Crippen LogP contribution is 2.37. The maximum absolute atomic E-state index is 13.8. The lowest BCUT2D eigenvalue weighted by Crippen LogP contribution is -2.41. The lowest BCUT2D eigenvalue weighted by molar-refractivity contribution is -0.183. The Balaban J connectivity index is 2.04. The largest absolute Gasteiger partial charge is 0.391 e. The second kappa shape index (κ2) is 6.34. The van der Waals surface area contributed by atoms with E-state index >= 15 is 0 Å². The van der Waals surface area contributed by atoms with E-state index in [0.29, 0.717) is 12.8 Å². The lowest BCUT2D eigenvalue weighted by Gasteiger charge is -2.31. The standard InChI is InChI=1S/C14H14BrF4NO/c15-11-6-2-5-10(12(11)16)13(21)20-9-4-1-3-8(7-9)14(17,18)19/h2,5-6,8-9H,1,3-4,7H2,(H,20,21). The van der Waals surface area contributed by atoms with Gasteiger partial charge >= 0.3 is 6.18 Å². The van der Waals surface area contributed by atoms with E-state index in [0.717, 1.165) is 0 Å². The molecule has 0 spiro atoms. The van der Waals surface area contributed by atoms with Gasteiger partial charge in [0.25, 0.3) is 5.91 Å². The Morgan fingerprint density at radius 2 is 2.00 bits per heavy atom.